The van der Waals surface area contributed by atoms with Gasteiger partial charge in [0.05, 0.1) is 12.2 Å². The molecule has 0 atom stereocenters. The molecule has 2 N–H and O–H groups in total. The van der Waals surface area contributed by atoms with Crippen molar-refractivity contribution in [2.24, 2.45) is 10.1 Å². The van der Waals surface area contributed by atoms with E-state index < -0.39 is 30.1 Å². The second-order valence-electron chi connectivity index (χ2n) is 4.62. The Morgan fingerprint density at radius 1 is 1.46 bits per heavy atom. The molecule has 0 aliphatic rings. The van der Waals surface area contributed by atoms with Crippen LogP contribution >= 0.6 is 0 Å². The highest BCUT2D eigenvalue weighted by molar-refractivity contribution is 6.17. The molecule has 11 nitrogen and oxygen atoms in total. The molecule has 136 valence electrons. The Morgan fingerprint density at radius 3 is 2.81 bits per heavy atom. The summed E-state index contributed by atoms with van der Waals surface area (Å²) in [6.45, 7) is 2.44. The smallest absolute Gasteiger partial charge is 0.341 e. The fraction of sp³-hybridized carbons (Fsp3) is 0.267. The maximum Gasteiger partial charge on any atom is 0.341 e. The molecule has 26 heavy (non-hydrogen) atoms. The van der Waals surface area contributed by atoms with Crippen LogP contribution in [0.5, 0.6) is 0 Å². The van der Waals surface area contributed by atoms with Gasteiger partial charge in [-0.05, 0) is 31.5 Å². The molecule has 11 heteroatoms. The van der Waals surface area contributed by atoms with E-state index in [2.05, 4.69) is 20.0 Å². The van der Waals surface area contributed by atoms with Crippen LogP contribution < -0.4 is 5.32 Å². The van der Waals surface area contributed by atoms with Crippen molar-refractivity contribution in [2.45, 2.75) is 13.8 Å². The number of aliphatic hydroxyl groups excluding tert-OH is 1. The number of aliphatic imine (C=N–C) groups is 1. The molecular weight excluding hydrogens is 344 g/mol. The summed E-state index contributed by atoms with van der Waals surface area (Å²) >= 11 is 0. The van der Waals surface area contributed by atoms with Crippen molar-refractivity contribution in [2.75, 3.05) is 13.2 Å². The van der Waals surface area contributed by atoms with Gasteiger partial charge >= 0.3 is 5.97 Å². The van der Waals surface area contributed by atoms with Crippen molar-refractivity contribution in [3.8, 4) is 0 Å². The molecule has 1 heterocycles. The number of allylic oxidation sites excluding steroid dienone is 1. The number of imide groups is 1. The van der Waals surface area contributed by atoms with E-state index in [4.69, 9.17) is 10.3 Å². The van der Waals surface area contributed by atoms with Crippen molar-refractivity contribution in [1.82, 2.24) is 10.3 Å². The molecular formula is C15H16N6O5. The molecule has 0 bridgehead atoms. The summed E-state index contributed by atoms with van der Waals surface area (Å²) in [4.78, 5) is 45.5. The van der Waals surface area contributed by atoms with Crippen LogP contribution in [0.15, 0.2) is 39.8 Å². The number of carbonyl (C=O) groups excluding carboxylic acids is 3. The maximum atomic E-state index is 12.0. The number of aliphatic hydroxyl groups is 1. The number of pyridine rings is 1. The number of carbonyl (C=O) groups is 3. The first-order chi connectivity index (χ1) is 12.4. The Morgan fingerprint density at radius 2 is 2.19 bits per heavy atom. The van der Waals surface area contributed by atoms with E-state index in [1.165, 1.54) is 25.3 Å². The van der Waals surface area contributed by atoms with E-state index in [1.54, 1.807) is 6.92 Å². The van der Waals surface area contributed by atoms with Gasteiger partial charge in [-0.2, -0.15) is 0 Å². The van der Waals surface area contributed by atoms with Crippen LogP contribution in [0.1, 0.15) is 24.2 Å². The van der Waals surface area contributed by atoms with Gasteiger partial charge in [0.25, 0.3) is 5.91 Å². The number of hydrogen-bond donors (Lipinski definition) is 2. The normalized spacial score (nSPS) is 11.3. The number of esters is 1. The van der Waals surface area contributed by atoms with E-state index in [0.717, 1.165) is 6.21 Å². The molecule has 2 amide bonds. The molecule has 0 unspecified atom stereocenters. The maximum absolute atomic E-state index is 12.0. The van der Waals surface area contributed by atoms with Crippen molar-refractivity contribution in [3.63, 3.8) is 0 Å². The minimum absolute atomic E-state index is 0.0297. The third-order valence-corrected chi connectivity index (χ3v) is 2.76. The second kappa shape index (κ2) is 10.2. The van der Waals surface area contributed by atoms with E-state index in [9.17, 15) is 19.5 Å². The van der Waals surface area contributed by atoms with Gasteiger partial charge in [0.1, 0.15) is 17.9 Å². The molecule has 0 radical (unpaired) electrons. The molecule has 0 aliphatic heterocycles. The number of azide groups is 1. The van der Waals surface area contributed by atoms with E-state index in [1.807, 2.05) is 5.32 Å². The lowest BCUT2D eigenvalue weighted by Gasteiger charge is -2.05. The fourth-order valence-corrected chi connectivity index (χ4v) is 1.64. The first-order valence-electron chi connectivity index (χ1n) is 7.31. The standard InChI is InChI=1S/C15H16N6O5/c1-3-26-15(25)10-5-4-6-17-13(10)18-7-11(9(2)22)14(24)20-12(23)8-19-21-16/h4-7,22H,3,8H2,1-2H3,(H,20,23,24)/b11-9-,18-7+. The Balaban J connectivity index is 3.04. The van der Waals surface area contributed by atoms with Crippen LogP contribution in [0.3, 0.4) is 0 Å². The first-order valence-corrected chi connectivity index (χ1v) is 7.31. The Bertz CT molecular complexity index is 806. The number of nitrogens with one attached hydrogen (secondary N) is 1. The molecule has 0 saturated heterocycles. The van der Waals surface area contributed by atoms with Crippen LogP contribution in [-0.4, -0.2) is 47.2 Å². The minimum Gasteiger partial charge on any atom is -0.512 e. The summed E-state index contributed by atoms with van der Waals surface area (Å²) in [5.74, 6) is -2.91. The molecule has 1 rings (SSSR count). The topological polar surface area (TPSA) is 167 Å². The lowest BCUT2D eigenvalue weighted by Crippen LogP contribution is -2.34. The predicted molar refractivity (Wildman–Crippen MR) is 90.8 cm³/mol. The summed E-state index contributed by atoms with van der Waals surface area (Å²) in [5, 5.41) is 14.6. The van der Waals surface area contributed by atoms with Gasteiger partial charge in [-0.15, -0.1) is 0 Å². The summed E-state index contributed by atoms with van der Waals surface area (Å²) < 4.78 is 4.88. The average Bonchev–Trinajstić information content (AvgIpc) is 2.60. The lowest BCUT2D eigenvalue weighted by molar-refractivity contribution is -0.127. The third kappa shape index (κ3) is 6.06. The average molecular weight is 360 g/mol. The number of ether oxygens (including phenoxy) is 1. The van der Waals surface area contributed by atoms with Crippen LogP contribution in [0.2, 0.25) is 0 Å². The number of rotatable bonds is 7. The highest BCUT2D eigenvalue weighted by Gasteiger charge is 2.16. The van der Waals surface area contributed by atoms with Gasteiger partial charge < -0.3 is 9.84 Å². The SMILES string of the molecule is CCOC(=O)c1cccnc1/N=C/C(C(=O)NC(=O)CN=[N+]=[N-])=C(\C)O. The molecule has 0 aliphatic carbocycles. The Labute approximate surface area is 148 Å². The van der Waals surface area contributed by atoms with E-state index in [0.29, 0.717) is 0 Å². The van der Waals surface area contributed by atoms with Crippen molar-refractivity contribution >= 4 is 29.8 Å². The van der Waals surface area contributed by atoms with Gasteiger partial charge in [0.2, 0.25) is 5.91 Å². The van der Waals surface area contributed by atoms with Crippen LogP contribution in [0, 0.1) is 0 Å². The fourth-order valence-electron chi connectivity index (χ4n) is 1.64. The van der Waals surface area contributed by atoms with Crippen molar-refractivity contribution in [3.05, 3.63) is 45.7 Å². The Kier molecular flexibility index (Phi) is 7.98. The zero-order chi connectivity index (χ0) is 19.5. The highest BCUT2D eigenvalue weighted by atomic mass is 16.5. The zero-order valence-corrected chi connectivity index (χ0v) is 14.0. The summed E-state index contributed by atoms with van der Waals surface area (Å²) in [6, 6.07) is 2.96. The summed E-state index contributed by atoms with van der Waals surface area (Å²) in [5.41, 5.74) is 7.88. The molecule has 0 saturated carbocycles. The largest absolute Gasteiger partial charge is 0.512 e. The molecule has 0 spiro atoms. The number of hydrogen-bond acceptors (Lipinski definition) is 8. The minimum atomic E-state index is -0.958. The molecule has 0 fully saturated rings. The van der Waals surface area contributed by atoms with Crippen molar-refractivity contribution in [1.29, 1.82) is 0 Å². The van der Waals surface area contributed by atoms with Gasteiger partial charge in [-0.3, -0.25) is 14.9 Å². The van der Waals surface area contributed by atoms with Gasteiger partial charge in [0.15, 0.2) is 5.82 Å². The van der Waals surface area contributed by atoms with Crippen LogP contribution in [0.4, 0.5) is 5.82 Å². The molecule has 1 aromatic rings. The van der Waals surface area contributed by atoms with E-state index >= 15 is 0 Å². The number of amides is 2. The van der Waals surface area contributed by atoms with E-state index in [-0.39, 0.29) is 23.6 Å². The van der Waals surface area contributed by atoms with Gasteiger partial charge in [0, 0.05) is 17.3 Å². The molecule has 1 aromatic heterocycles. The quantitative estimate of drug-likeness (QED) is 0.143. The predicted octanol–water partition coefficient (Wildman–Crippen LogP) is 1.75. The highest BCUT2D eigenvalue weighted by Crippen LogP contribution is 2.16. The molecule has 0 aromatic carbocycles. The van der Waals surface area contributed by atoms with Crippen LogP contribution in [-0.2, 0) is 14.3 Å². The lowest BCUT2D eigenvalue weighted by atomic mass is 10.2. The van der Waals surface area contributed by atoms with Crippen LogP contribution in [0.25, 0.3) is 10.4 Å². The number of nitrogens with zero attached hydrogens (tertiary/aromatic N) is 5. The first kappa shape index (κ1) is 20.3. The zero-order valence-electron chi connectivity index (χ0n) is 14.0. The van der Waals surface area contributed by atoms with Crippen molar-refractivity contribution < 1.29 is 24.2 Å². The Hall–Kier alpha value is -3.72. The monoisotopic (exact) mass is 360 g/mol. The number of aromatic nitrogens is 1. The third-order valence-electron chi connectivity index (χ3n) is 2.76. The second-order valence-corrected chi connectivity index (χ2v) is 4.62. The van der Waals surface area contributed by atoms with Gasteiger partial charge in [-0.25, -0.2) is 14.8 Å². The summed E-state index contributed by atoms with van der Waals surface area (Å²) in [6.07, 6.45) is 2.34. The van der Waals surface area contributed by atoms with Gasteiger partial charge in [-0.1, -0.05) is 5.11 Å². The summed E-state index contributed by atoms with van der Waals surface area (Å²) in [7, 11) is 0.